The fourth-order valence-electron chi connectivity index (χ4n) is 2.21. The highest BCUT2D eigenvalue weighted by Crippen LogP contribution is 2.26. The van der Waals surface area contributed by atoms with Crippen LogP contribution in [0.15, 0.2) is 47.8 Å². The maximum atomic E-state index is 13.0. The van der Waals surface area contributed by atoms with Gasteiger partial charge in [0.25, 0.3) is 0 Å². The molecule has 1 heterocycles. The molecule has 0 radical (unpaired) electrons. The number of halogens is 1. The van der Waals surface area contributed by atoms with Crippen molar-refractivity contribution in [1.29, 1.82) is 0 Å². The van der Waals surface area contributed by atoms with E-state index in [-0.39, 0.29) is 5.82 Å². The number of thiazole rings is 1. The van der Waals surface area contributed by atoms with Gasteiger partial charge in [-0.3, -0.25) is 0 Å². The van der Waals surface area contributed by atoms with Crippen LogP contribution in [0.4, 0.5) is 10.1 Å². The Bertz CT molecular complexity index is 784. The van der Waals surface area contributed by atoms with E-state index in [1.165, 1.54) is 12.1 Å². The molecule has 3 rings (SSSR count). The first-order chi connectivity index (χ1) is 10.7. The minimum atomic E-state index is -0.243. The van der Waals surface area contributed by atoms with Crippen molar-refractivity contribution < 1.29 is 9.13 Å². The van der Waals surface area contributed by atoms with Crippen molar-refractivity contribution in [3.8, 4) is 17.0 Å². The van der Waals surface area contributed by atoms with Crippen molar-refractivity contribution in [3.63, 3.8) is 0 Å². The van der Waals surface area contributed by atoms with Gasteiger partial charge in [0, 0.05) is 17.4 Å². The number of hydrogen-bond donors (Lipinski definition) is 1. The van der Waals surface area contributed by atoms with Crippen LogP contribution in [0.2, 0.25) is 0 Å². The second-order valence-corrected chi connectivity index (χ2v) is 5.83. The van der Waals surface area contributed by atoms with Gasteiger partial charge in [-0.05, 0) is 42.0 Å². The Balaban J connectivity index is 1.79. The topological polar surface area (TPSA) is 48.1 Å². The van der Waals surface area contributed by atoms with E-state index in [9.17, 15) is 4.39 Å². The predicted molar refractivity (Wildman–Crippen MR) is 87.7 cm³/mol. The van der Waals surface area contributed by atoms with Crippen LogP contribution < -0.4 is 10.5 Å². The summed E-state index contributed by atoms with van der Waals surface area (Å²) in [5, 5.41) is 2.97. The van der Waals surface area contributed by atoms with Crippen LogP contribution in [-0.2, 0) is 6.42 Å². The molecule has 3 nitrogen and oxygen atoms in total. The molecule has 0 spiro atoms. The summed E-state index contributed by atoms with van der Waals surface area (Å²) in [5.74, 6) is 0.433. The van der Waals surface area contributed by atoms with Gasteiger partial charge in [-0.1, -0.05) is 6.07 Å². The van der Waals surface area contributed by atoms with Crippen LogP contribution in [0.1, 0.15) is 10.6 Å². The summed E-state index contributed by atoms with van der Waals surface area (Å²) in [5.41, 5.74) is 9.40. The minimum Gasteiger partial charge on any atom is -0.495 e. The number of ether oxygens (including phenoxy) is 1. The fraction of sp³-hybridized carbons (Fsp3) is 0.118. The maximum absolute atomic E-state index is 13.0. The molecule has 0 fully saturated rings. The number of anilines is 1. The molecule has 112 valence electrons. The van der Waals surface area contributed by atoms with Crippen LogP contribution in [0.25, 0.3) is 11.3 Å². The molecule has 1 aromatic heterocycles. The number of nitrogens with two attached hydrogens (primary N) is 1. The highest BCUT2D eigenvalue weighted by Gasteiger charge is 2.07. The van der Waals surface area contributed by atoms with Crippen molar-refractivity contribution >= 4 is 17.0 Å². The Morgan fingerprint density at radius 1 is 1.18 bits per heavy atom. The lowest BCUT2D eigenvalue weighted by atomic mass is 10.1. The van der Waals surface area contributed by atoms with Gasteiger partial charge in [0.05, 0.1) is 23.5 Å². The zero-order valence-electron chi connectivity index (χ0n) is 12.0. The van der Waals surface area contributed by atoms with E-state index < -0.39 is 0 Å². The molecule has 22 heavy (non-hydrogen) atoms. The number of nitrogen functional groups attached to an aromatic ring is 1. The van der Waals surface area contributed by atoms with Gasteiger partial charge in [0.2, 0.25) is 0 Å². The average molecular weight is 314 g/mol. The van der Waals surface area contributed by atoms with E-state index >= 15 is 0 Å². The van der Waals surface area contributed by atoms with E-state index in [4.69, 9.17) is 10.5 Å². The number of rotatable bonds is 4. The summed E-state index contributed by atoms with van der Waals surface area (Å²) in [6.45, 7) is 0. The standard InChI is InChI=1S/C17H15FN2OS/c1-21-16-7-2-11(8-14(16)19)9-17-20-15(10-22-17)12-3-5-13(18)6-4-12/h2-8,10H,9,19H2,1H3. The van der Waals surface area contributed by atoms with Crippen LogP contribution in [0.3, 0.4) is 0 Å². The first kappa shape index (κ1) is 14.5. The molecule has 0 unspecified atom stereocenters. The molecule has 2 aromatic carbocycles. The molecule has 0 saturated heterocycles. The lowest BCUT2D eigenvalue weighted by Crippen LogP contribution is -1.95. The highest BCUT2D eigenvalue weighted by atomic mass is 32.1. The molecule has 3 aromatic rings. The summed E-state index contributed by atoms with van der Waals surface area (Å²) in [4.78, 5) is 4.60. The molecule has 5 heteroatoms. The maximum Gasteiger partial charge on any atom is 0.141 e. The SMILES string of the molecule is COc1ccc(Cc2nc(-c3ccc(F)cc3)cs2)cc1N. The zero-order valence-corrected chi connectivity index (χ0v) is 12.9. The normalized spacial score (nSPS) is 10.6. The van der Waals surface area contributed by atoms with E-state index in [0.29, 0.717) is 17.9 Å². The van der Waals surface area contributed by atoms with Gasteiger partial charge in [-0.2, -0.15) is 0 Å². The van der Waals surface area contributed by atoms with E-state index in [0.717, 1.165) is 21.8 Å². The van der Waals surface area contributed by atoms with E-state index in [2.05, 4.69) is 4.98 Å². The Hall–Kier alpha value is -2.40. The van der Waals surface area contributed by atoms with Gasteiger partial charge in [-0.15, -0.1) is 11.3 Å². The van der Waals surface area contributed by atoms with Crippen LogP contribution in [-0.4, -0.2) is 12.1 Å². The quantitative estimate of drug-likeness (QED) is 0.737. The number of nitrogens with zero attached hydrogens (tertiary/aromatic N) is 1. The van der Waals surface area contributed by atoms with E-state index in [1.54, 1.807) is 30.6 Å². The van der Waals surface area contributed by atoms with Crippen molar-refractivity contribution in [2.75, 3.05) is 12.8 Å². The summed E-state index contributed by atoms with van der Waals surface area (Å²) in [7, 11) is 1.60. The van der Waals surface area contributed by atoms with Gasteiger partial charge in [0.15, 0.2) is 0 Å². The number of benzene rings is 2. The van der Waals surface area contributed by atoms with Gasteiger partial charge < -0.3 is 10.5 Å². The Kier molecular flexibility index (Phi) is 4.06. The lowest BCUT2D eigenvalue weighted by Gasteiger charge is -2.06. The van der Waals surface area contributed by atoms with Crippen LogP contribution in [0, 0.1) is 5.82 Å². The second kappa shape index (κ2) is 6.15. The summed E-state index contributed by atoms with van der Waals surface area (Å²) >= 11 is 1.58. The molecule has 2 N–H and O–H groups in total. The summed E-state index contributed by atoms with van der Waals surface area (Å²) in [6.07, 6.45) is 0.708. The number of methoxy groups -OCH3 is 1. The zero-order chi connectivity index (χ0) is 15.5. The van der Waals surface area contributed by atoms with Gasteiger partial charge in [0.1, 0.15) is 11.6 Å². The van der Waals surface area contributed by atoms with Crippen molar-refractivity contribution in [2.24, 2.45) is 0 Å². The van der Waals surface area contributed by atoms with Gasteiger partial charge >= 0.3 is 0 Å². The van der Waals surface area contributed by atoms with Crippen LogP contribution >= 0.6 is 11.3 Å². The fourth-order valence-corrected chi connectivity index (χ4v) is 3.05. The predicted octanol–water partition coefficient (Wildman–Crippen LogP) is 4.13. The third-order valence-corrected chi connectivity index (χ3v) is 4.19. The molecular weight excluding hydrogens is 299 g/mol. The van der Waals surface area contributed by atoms with Crippen molar-refractivity contribution in [3.05, 3.63) is 64.2 Å². The molecule has 0 atom stereocenters. The first-order valence-electron chi connectivity index (χ1n) is 6.78. The van der Waals surface area contributed by atoms with Crippen molar-refractivity contribution in [1.82, 2.24) is 4.98 Å². The summed E-state index contributed by atoms with van der Waals surface area (Å²) < 4.78 is 18.1. The highest BCUT2D eigenvalue weighted by molar-refractivity contribution is 7.10. The smallest absolute Gasteiger partial charge is 0.141 e. The molecule has 0 saturated carbocycles. The monoisotopic (exact) mass is 314 g/mol. The molecule has 0 amide bonds. The Morgan fingerprint density at radius 3 is 2.64 bits per heavy atom. The lowest BCUT2D eigenvalue weighted by molar-refractivity contribution is 0.417. The molecular formula is C17H15FN2OS. The van der Waals surface area contributed by atoms with Crippen molar-refractivity contribution in [2.45, 2.75) is 6.42 Å². The number of hydrogen-bond acceptors (Lipinski definition) is 4. The number of aromatic nitrogens is 1. The molecule has 0 aliphatic rings. The van der Waals surface area contributed by atoms with Crippen LogP contribution in [0.5, 0.6) is 5.75 Å². The van der Waals surface area contributed by atoms with E-state index in [1.807, 2.05) is 23.6 Å². The average Bonchev–Trinajstić information content (AvgIpc) is 2.97. The third-order valence-electron chi connectivity index (χ3n) is 3.34. The minimum absolute atomic E-state index is 0.243. The molecule has 0 aliphatic carbocycles. The van der Waals surface area contributed by atoms with Gasteiger partial charge in [-0.25, -0.2) is 9.37 Å². The Labute approximate surface area is 132 Å². The third kappa shape index (κ3) is 3.09. The second-order valence-electron chi connectivity index (χ2n) is 4.89. The molecule has 0 aliphatic heterocycles. The molecule has 0 bridgehead atoms. The Morgan fingerprint density at radius 2 is 1.95 bits per heavy atom. The first-order valence-corrected chi connectivity index (χ1v) is 7.66. The largest absolute Gasteiger partial charge is 0.495 e. The summed E-state index contributed by atoms with van der Waals surface area (Å²) in [6, 6.07) is 12.1.